The van der Waals surface area contributed by atoms with Crippen molar-refractivity contribution in [3.8, 4) is 11.5 Å². The summed E-state index contributed by atoms with van der Waals surface area (Å²) in [7, 11) is -1.38. The highest BCUT2D eigenvalue weighted by Crippen LogP contribution is 2.15. The average molecular weight is 523 g/mol. The Morgan fingerprint density at radius 2 is 1.43 bits per heavy atom. The highest BCUT2D eigenvalue weighted by Gasteiger charge is 2.08. The second-order valence-electron chi connectivity index (χ2n) is 5.30. The lowest BCUT2D eigenvalue weighted by atomic mass is 10.4. The van der Waals surface area contributed by atoms with Gasteiger partial charge in [0.15, 0.2) is 17.3 Å². The second kappa shape index (κ2) is 8.72. The van der Waals surface area contributed by atoms with Crippen LogP contribution in [0.5, 0.6) is 0 Å². The first-order valence-electron chi connectivity index (χ1n) is 6.33. The first-order valence-corrected chi connectivity index (χ1v) is 12.2. The van der Waals surface area contributed by atoms with Crippen LogP contribution in [-0.4, -0.2) is 28.0 Å². The maximum Gasteiger partial charge on any atom is 0.158 e. The number of hydrogen-bond acceptors (Lipinski definition) is 6. The van der Waals surface area contributed by atoms with E-state index in [1.54, 1.807) is 12.4 Å². The van der Waals surface area contributed by atoms with E-state index in [1.165, 1.54) is 0 Å². The lowest BCUT2D eigenvalue weighted by Crippen LogP contribution is -2.16. The quantitative estimate of drug-likeness (QED) is 0.404. The zero-order valence-electron chi connectivity index (χ0n) is 12.7. The molecule has 0 fully saturated rings. The smallest absolute Gasteiger partial charge is 0.158 e. The fraction of sp³-hybridized carbons (Fsp3) is 0.231. The van der Waals surface area contributed by atoms with E-state index in [0.29, 0.717) is 31.1 Å². The Balaban J connectivity index is 0.000000253. The fourth-order valence-corrected chi connectivity index (χ4v) is 2.66. The molecular weight excluding hydrogens is 508 g/mol. The zero-order chi connectivity index (χ0) is 17.6. The molecule has 2 rings (SSSR count). The highest BCUT2D eigenvalue weighted by molar-refractivity contribution is 9.11. The third kappa shape index (κ3) is 7.87. The number of halogens is 3. The van der Waals surface area contributed by atoms with Crippen molar-refractivity contribution in [2.75, 3.05) is 11.5 Å². The van der Waals surface area contributed by atoms with E-state index < -0.39 is 8.07 Å². The SMILES string of the molecule is C[Si](C)(C)C#Cc1nc(Br)cnc1N.Nc1ncc(Br)nc1Br. The van der Waals surface area contributed by atoms with Crippen LogP contribution in [0, 0.1) is 11.5 Å². The Morgan fingerprint density at radius 3 is 1.91 bits per heavy atom. The molecule has 0 bridgehead atoms. The Bertz CT molecular complexity index is 752. The average Bonchev–Trinajstić information content (AvgIpc) is 2.44. The van der Waals surface area contributed by atoms with E-state index in [0.717, 1.165) is 0 Å². The number of aromatic nitrogens is 4. The van der Waals surface area contributed by atoms with Crippen LogP contribution in [0.4, 0.5) is 11.6 Å². The molecule has 4 N–H and O–H groups in total. The Hall–Kier alpha value is -1.02. The summed E-state index contributed by atoms with van der Waals surface area (Å²) >= 11 is 9.49. The van der Waals surface area contributed by atoms with Gasteiger partial charge in [-0.1, -0.05) is 25.6 Å². The lowest BCUT2D eigenvalue weighted by molar-refractivity contribution is 1.14. The molecule has 0 saturated carbocycles. The van der Waals surface area contributed by atoms with Gasteiger partial charge in [0.25, 0.3) is 0 Å². The van der Waals surface area contributed by atoms with Crippen molar-refractivity contribution in [1.82, 2.24) is 19.9 Å². The summed E-state index contributed by atoms with van der Waals surface area (Å²) in [6.45, 7) is 6.50. The molecule has 2 aromatic heterocycles. The molecule has 0 saturated heterocycles. The number of nitrogens with two attached hydrogens (primary N) is 2. The van der Waals surface area contributed by atoms with E-state index in [1.807, 2.05) is 0 Å². The number of rotatable bonds is 0. The van der Waals surface area contributed by atoms with Crippen LogP contribution < -0.4 is 11.5 Å². The van der Waals surface area contributed by atoms with Crippen LogP contribution in [0.1, 0.15) is 5.69 Å². The van der Waals surface area contributed by atoms with E-state index in [4.69, 9.17) is 11.5 Å². The summed E-state index contributed by atoms with van der Waals surface area (Å²) in [5.74, 6) is 3.77. The van der Waals surface area contributed by atoms with Crippen LogP contribution in [0.25, 0.3) is 0 Å². The molecular formula is C13H15Br3N6Si. The van der Waals surface area contributed by atoms with Crippen LogP contribution in [0.15, 0.2) is 26.2 Å². The molecule has 10 heteroatoms. The predicted molar refractivity (Wildman–Crippen MR) is 106 cm³/mol. The Labute approximate surface area is 161 Å². The van der Waals surface area contributed by atoms with Gasteiger partial charge in [-0.25, -0.2) is 19.9 Å². The van der Waals surface area contributed by atoms with Crippen LogP contribution in [0.3, 0.4) is 0 Å². The van der Waals surface area contributed by atoms with Crippen LogP contribution in [0.2, 0.25) is 19.6 Å². The lowest BCUT2D eigenvalue weighted by Gasteiger charge is -2.03. The molecule has 0 aliphatic heterocycles. The Morgan fingerprint density at radius 1 is 0.913 bits per heavy atom. The maximum absolute atomic E-state index is 5.64. The molecule has 2 aromatic rings. The van der Waals surface area contributed by atoms with Gasteiger partial charge in [0, 0.05) is 0 Å². The molecule has 23 heavy (non-hydrogen) atoms. The molecule has 122 valence electrons. The minimum absolute atomic E-state index is 0.388. The van der Waals surface area contributed by atoms with Crippen molar-refractivity contribution in [3.63, 3.8) is 0 Å². The Kier molecular flexibility index (Phi) is 7.59. The van der Waals surface area contributed by atoms with E-state index in [-0.39, 0.29) is 0 Å². The summed E-state index contributed by atoms with van der Waals surface area (Å²) in [4.78, 5) is 15.8. The molecule has 0 unspecified atom stereocenters. The normalized spacial score (nSPS) is 10.2. The van der Waals surface area contributed by atoms with Crippen LogP contribution >= 0.6 is 47.8 Å². The predicted octanol–water partition coefficient (Wildman–Crippen LogP) is 3.63. The summed E-state index contributed by atoms with van der Waals surface area (Å²) in [6.07, 6.45) is 3.11. The standard InChI is InChI=1S/C9H12BrN3Si.C4H3Br2N3/c1-14(2,3)5-4-7-9(11)12-6-8(10)13-7;5-2-1-8-4(7)3(6)9-2/h6H,1-3H3,(H2,11,12);1H,(H2,7,8). The van der Waals surface area contributed by atoms with Gasteiger partial charge < -0.3 is 11.5 Å². The molecule has 0 aromatic carbocycles. The van der Waals surface area contributed by atoms with Gasteiger partial charge in [0.2, 0.25) is 0 Å². The molecule has 0 spiro atoms. The summed E-state index contributed by atoms with van der Waals surface area (Å²) in [6, 6.07) is 0. The highest BCUT2D eigenvalue weighted by atomic mass is 79.9. The molecule has 0 amide bonds. The van der Waals surface area contributed by atoms with E-state index >= 15 is 0 Å². The zero-order valence-corrected chi connectivity index (χ0v) is 18.5. The largest absolute Gasteiger partial charge is 0.381 e. The topological polar surface area (TPSA) is 104 Å². The van der Waals surface area contributed by atoms with Crippen molar-refractivity contribution in [1.29, 1.82) is 0 Å². The summed E-state index contributed by atoms with van der Waals surface area (Å²) < 4.78 is 1.90. The second-order valence-corrected chi connectivity index (χ2v) is 12.4. The monoisotopic (exact) mass is 520 g/mol. The maximum atomic E-state index is 5.64. The van der Waals surface area contributed by atoms with Crippen molar-refractivity contribution in [3.05, 3.63) is 31.9 Å². The van der Waals surface area contributed by atoms with E-state index in [2.05, 4.69) is 98.8 Å². The third-order valence-electron chi connectivity index (χ3n) is 2.05. The third-order valence-corrected chi connectivity index (χ3v) is 4.28. The van der Waals surface area contributed by atoms with Crippen molar-refractivity contribution in [2.24, 2.45) is 0 Å². The van der Waals surface area contributed by atoms with Gasteiger partial charge in [-0.3, -0.25) is 0 Å². The van der Waals surface area contributed by atoms with Gasteiger partial charge in [-0.15, -0.1) is 5.54 Å². The number of anilines is 2. The molecule has 2 heterocycles. The van der Waals surface area contributed by atoms with Gasteiger partial charge in [0.05, 0.1) is 12.4 Å². The molecule has 6 nitrogen and oxygen atoms in total. The fourth-order valence-electron chi connectivity index (χ4n) is 1.07. The van der Waals surface area contributed by atoms with Gasteiger partial charge >= 0.3 is 0 Å². The van der Waals surface area contributed by atoms with Gasteiger partial charge in [-0.2, -0.15) is 0 Å². The molecule has 0 atom stereocenters. The minimum atomic E-state index is -1.38. The van der Waals surface area contributed by atoms with Crippen LogP contribution in [-0.2, 0) is 0 Å². The summed E-state index contributed by atoms with van der Waals surface area (Å²) in [5, 5.41) is 0. The molecule has 0 aliphatic rings. The first kappa shape index (κ1) is 20.0. The number of nitrogen functional groups attached to an aromatic ring is 2. The van der Waals surface area contributed by atoms with Crippen molar-refractivity contribution in [2.45, 2.75) is 19.6 Å². The molecule has 0 radical (unpaired) electrons. The van der Waals surface area contributed by atoms with Gasteiger partial charge in [-0.05, 0) is 47.8 Å². The van der Waals surface area contributed by atoms with Crippen molar-refractivity contribution < 1.29 is 0 Å². The number of nitrogens with zero attached hydrogens (tertiary/aromatic N) is 4. The van der Waals surface area contributed by atoms with Crippen molar-refractivity contribution >= 4 is 67.5 Å². The minimum Gasteiger partial charge on any atom is -0.381 e. The summed E-state index contributed by atoms with van der Waals surface area (Å²) in [5.41, 5.74) is 14.7. The molecule has 0 aliphatic carbocycles. The van der Waals surface area contributed by atoms with Gasteiger partial charge in [0.1, 0.15) is 21.9 Å². The number of hydrogen-bond donors (Lipinski definition) is 2. The first-order chi connectivity index (χ1) is 10.6. The van der Waals surface area contributed by atoms with E-state index in [9.17, 15) is 0 Å².